The average molecular weight is 367 g/mol. The number of benzene rings is 1. The van der Waals surface area contributed by atoms with Crippen LogP contribution in [0.4, 0.5) is 11.4 Å². The first-order chi connectivity index (χ1) is 13.1. The molecule has 1 aromatic carbocycles. The van der Waals surface area contributed by atoms with E-state index in [0.29, 0.717) is 37.7 Å². The summed E-state index contributed by atoms with van der Waals surface area (Å²) in [7, 11) is 0. The van der Waals surface area contributed by atoms with Gasteiger partial charge in [-0.2, -0.15) is 0 Å². The Morgan fingerprint density at radius 2 is 1.63 bits per heavy atom. The highest BCUT2D eigenvalue weighted by Crippen LogP contribution is 2.54. The lowest BCUT2D eigenvalue weighted by molar-refractivity contribution is -0.255. The van der Waals surface area contributed by atoms with E-state index in [9.17, 15) is 19.5 Å². The monoisotopic (exact) mass is 367 g/mol. The van der Waals surface area contributed by atoms with Crippen LogP contribution in [0.3, 0.4) is 0 Å². The van der Waals surface area contributed by atoms with E-state index in [1.165, 1.54) is 17.0 Å². The topological polar surface area (TPSA) is 90.0 Å². The fourth-order valence-corrected chi connectivity index (χ4v) is 5.04. The first kappa shape index (κ1) is 16.5. The van der Waals surface area contributed by atoms with Gasteiger partial charge in [0.1, 0.15) is 0 Å². The second-order valence-electron chi connectivity index (χ2n) is 7.60. The molecule has 0 spiro atoms. The number of allylic oxidation sites excluding steroid dienone is 2. The minimum atomic E-state index is -1.33. The van der Waals surface area contributed by atoms with E-state index >= 15 is 0 Å². The van der Waals surface area contributed by atoms with E-state index in [0.717, 1.165) is 6.42 Å². The molecule has 2 aliphatic heterocycles. The molecule has 2 saturated heterocycles. The molecular weight excluding hydrogens is 348 g/mol. The Labute approximate surface area is 156 Å². The van der Waals surface area contributed by atoms with E-state index in [-0.39, 0.29) is 41.0 Å². The SMILES string of the molecule is O=C([O-])c1ccc(N2CCOCC2)c(N2C(=O)[C@@H]3[C@H](C2=O)[C@H]2C=C[C@H]3C2)c1. The maximum Gasteiger partial charge on any atom is 0.238 e. The van der Waals surface area contributed by atoms with Gasteiger partial charge in [0.2, 0.25) is 11.8 Å². The van der Waals surface area contributed by atoms with Crippen molar-refractivity contribution in [2.45, 2.75) is 6.42 Å². The summed E-state index contributed by atoms with van der Waals surface area (Å²) in [5, 5.41) is 11.4. The highest BCUT2D eigenvalue weighted by molar-refractivity contribution is 6.24. The summed E-state index contributed by atoms with van der Waals surface area (Å²) in [6.07, 6.45) is 4.94. The molecule has 3 fully saturated rings. The average Bonchev–Trinajstić information content (AvgIpc) is 3.36. The van der Waals surface area contributed by atoms with Crippen LogP contribution in [0, 0.1) is 23.7 Å². The quantitative estimate of drug-likeness (QED) is 0.560. The molecule has 7 heteroatoms. The normalized spacial score (nSPS) is 31.7. The van der Waals surface area contributed by atoms with Crippen molar-refractivity contribution in [1.29, 1.82) is 0 Å². The fraction of sp³-hybridized carbons (Fsp3) is 0.450. The summed E-state index contributed by atoms with van der Waals surface area (Å²) in [5.74, 6) is -2.19. The Balaban J connectivity index is 1.59. The lowest BCUT2D eigenvalue weighted by Gasteiger charge is -2.32. The second-order valence-corrected chi connectivity index (χ2v) is 7.60. The molecule has 2 bridgehead atoms. The fourth-order valence-electron chi connectivity index (χ4n) is 5.04. The summed E-state index contributed by atoms with van der Waals surface area (Å²) in [4.78, 5) is 41.0. The van der Waals surface area contributed by atoms with Gasteiger partial charge in [-0.3, -0.25) is 9.59 Å². The first-order valence-corrected chi connectivity index (χ1v) is 9.30. The molecule has 4 atom stereocenters. The van der Waals surface area contributed by atoms with Gasteiger partial charge in [-0.15, -0.1) is 0 Å². The molecule has 2 aliphatic carbocycles. The lowest BCUT2D eigenvalue weighted by Crippen LogP contribution is -2.39. The van der Waals surface area contributed by atoms with Crippen molar-refractivity contribution in [1.82, 2.24) is 0 Å². The van der Waals surface area contributed by atoms with Crippen LogP contribution in [0.2, 0.25) is 0 Å². The van der Waals surface area contributed by atoms with Gasteiger partial charge in [0, 0.05) is 13.1 Å². The molecule has 0 unspecified atom stereocenters. The Kier molecular flexibility index (Phi) is 3.62. The standard InChI is InChI=1S/C20H20N2O5/c23-18-16-11-1-2-12(9-11)17(16)19(24)22(18)15-10-13(20(25)26)3-4-14(15)21-5-7-27-8-6-21/h1-4,10-12,16-17H,5-9H2,(H,25,26)/p-1/t11-,12-,16-,17+/m0/s1. The van der Waals surface area contributed by atoms with Crippen LogP contribution >= 0.6 is 0 Å². The van der Waals surface area contributed by atoms with Gasteiger partial charge < -0.3 is 19.5 Å². The number of hydrogen-bond acceptors (Lipinski definition) is 6. The number of carbonyl (C=O) groups is 3. The molecule has 7 nitrogen and oxygen atoms in total. The number of ether oxygens (including phenoxy) is 1. The zero-order valence-corrected chi connectivity index (χ0v) is 14.7. The number of hydrogen-bond donors (Lipinski definition) is 0. The van der Waals surface area contributed by atoms with Crippen LogP contribution in [0.25, 0.3) is 0 Å². The van der Waals surface area contributed by atoms with Crippen LogP contribution < -0.4 is 14.9 Å². The van der Waals surface area contributed by atoms with E-state index in [4.69, 9.17) is 4.74 Å². The number of aromatic carboxylic acids is 1. The van der Waals surface area contributed by atoms with Gasteiger partial charge >= 0.3 is 0 Å². The zero-order chi connectivity index (χ0) is 18.7. The van der Waals surface area contributed by atoms with Crippen LogP contribution in [-0.2, 0) is 14.3 Å². The first-order valence-electron chi connectivity index (χ1n) is 9.30. The van der Waals surface area contributed by atoms with E-state index in [2.05, 4.69) is 0 Å². The Hall–Kier alpha value is -2.67. The summed E-state index contributed by atoms with van der Waals surface area (Å²) < 4.78 is 5.39. The molecule has 1 saturated carbocycles. The number of amides is 2. The molecule has 0 N–H and O–H groups in total. The molecule has 2 heterocycles. The van der Waals surface area contributed by atoms with Crippen LogP contribution in [0.5, 0.6) is 0 Å². The molecule has 140 valence electrons. The molecule has 1 aromatic rings. The maximum atomic E-state index is 13.2. The lowest BCUT2D eigenvalue weighted by atomic mass is 9.85. The van der Waals surface area contributed by atoms with Crippen molar-refractivity contribution >= 4 is 29.2 Å². The number of rotatable bonds is 3. The van der Waals surface area contributed by atoms with Crippen LogP contribution in [-0.4, -0.2) is 44.1 Å². The minimum absolute atomic E-state index is 0.0410. The largest absolute Gasteiger partial charge is 0.545 e. The molecule has 0 radical (unpaired) electrons. The van der Waals surface area contributed by atoms with Crippen LogP contribution in [0.15, 0.2) is 30.4 Å². The summed E-state index contributed by atoms with van der Waals surface area (Å²) in [6, 6.07) is 4.51. The van der Waals surface area contributed by atoms with Crippen molar-refractivity contribution in [3.8, 4) is 0 Å². The smallest absolute Gasteiger partial charge is 0.238 e. The Morgan fingerprint density at radius 1 is 1.00 bits per heavy atom. The summed E-state index contributed by atoms with van der Waals surface area (Å²) in [5.41, 5.74) is 0.994. The Bertz CT molecular complexity index is 843. The van der Waals surface area contributed by atoms with Crippen molar-refractivity contribution in [3.63, 3.8) is 0 Å². The van der Waals surface area contributed by atoms with Crippen molar-refractivity contribution < 1.29 is 24.2 Å². The number of carbonyl (C=O) groups excluding carboxylic acids is 3. The second kappa shape index (κ2) is 5.92. The molecule has 0 aromatic heterocycles. The number of carboxylic acids is 1. The third kappa shape index (κ3) is 2.34. The molecule has 27 heavy (non-hydrogen) atoms. The highest BCUT2D eigenvalue weighted by atomic mass is 16.5. The van der Waals surface area contributed by atoms with Crippen molar-refractivity contribution in [2.75, 3.05) is 36.1 Å². The van der Waals surface area contributed by atoms with Gasteiger partial charge in [-0.05, 0) is 36.0 Å². The maximum absolute atomic E-state index is 13.2. The van der Waals surface area contributed by atoms with Gasteiger partial charge in [0.15, 0.2) is 0 Å². The number of anilines is 2. The molecular formula is C20H19N2O5-. The van der Waals surface area contributed by atoms with Gasteiger partial charge in [0.05, 0.1) is 42.4 Å². The van der Waals surface area contributed by atoms with Crippen molar-refractivity contribution in [3.05, 3.63) is 35.9 Å². The molecule has 4 aliphatic rings. The van der Waals surface area contributed by atoms with Gasteiger partial charge in [0.25, 0.3) is 0 Å². The number of morpholine rings is 1. The van der Waals surface area contributed by atoms with Crippen LogP contribution in [0.1, 0.15) is 16.8 Å². The number of fused-ring (bicyclic) bond motifs is 5. The van der Waals surface area contributed by atoms with Gasteiger partial charge in [-0.1, -0.05) is 18.2 Å². The third-order valence-corrected chi connectivity index (χ3v) is 6.27. The number of carboxylic acid groups (broad SMARTS) is 1. The van der Waals surface area contributed by atoms with E-state index in [1.807, 2.05) is 17.1 Å². The van der Waals surface area contributed by atoms with E-state index < -0.39 is 5.97 Å². The predicted molar refractivity (Wildman–Crippen MR) is 94.0 cm³/mol. The zero-order valence-electron chi connectivity index (χ0n) is 14.7. The van der Waals surface area contributed by atoms with E-state index in [1.54, 1.807) is 6.07 Å². The molecule has 2 amide bonds. The van der Waals surface area contributed by atoms with Gasteiger partial charge in [-0.25, -0.2) is 4.90 Å². The molecule has 5 rings (SSSR count). The highest BCUT2D eigenvalue weighted by Gasteiger charge is 2.59. The predicted octanol–water partition coefficient (Wildman–Crippen LogP) is 0.198. The summed E-state index contributed by atoms with van der Waals surface area (Å²) in [6.45, 7) is 2.33. The minimum Gasteiger partial charge on any atom is -0.545 e. The summed E-state index contributed by atoms with van der Waals surface area (Å²) >= 11 is 0. The third-order valence-electron chi connectivity index (χ3n) is 6.27. The number of imide groups is 1. The number of nitrogens with zero attached hydrogens (tertiary/aromatic N) is 2. The Morgan fingerprint density at radius 3 is 2.22 bits per heavy atom. The van der Waals surface area contributed by atoms with Crippen molar-refractivity contribution in [2.24, 2.45) is 23.7 Å².